The van der Waals surface area contributed by atoms with Crippen molar-refractivity contribution in [2.45, 2.75) is 38.6 Å². The van der Waals surface area contributed by atoms with Crippen LogP contribution in [0.25, 0.3) is 0 Å². The Labute approximate surface area is 159 Å². The van der Waals surface area contributed by atoms with E-state index in [-0.39, 0.29) is 17.7 Å². The minimum absolute atomic E-state index is 0.0986. The van der Waals surface area contributed by atoms with Crippen LogP contribution in [0.2, 0.25) is 0 Å². The number of nitrogens with zero attached hydrogens (tertiary/aromatic N) is 1. The zero-order valence-electron chi connectivity index (χ0n) is 14.6. The maximum absolute atomic E-state index is 12.4. The predicted molar refractivity (Wildman–Crippen MR) is 107 cm³/mol. The molecular weight excluding hydrogens is 346 g/mol. The molecule has 2 aliphatic rings. The van der Waals surface area contributed by atoms with Gasteiger partial charge < -0.3 is 10.6 Å². The number of benzene rings is 1. The van der Waals surface area contributed by atoms with E-state index in [4.69, 9.17) is 12.2 Å². The molecule has 1 heterocycles. The molecule has 0 bridgehead atoms. The first-order valence-corrected chi connectivity index (χ1v) is 9.46. The van der Waals surface area contributed by atoms with Gasteiger partial charge in [0.1, 0.15) is 10.9 Å². The summed E-state index contributed by atoms with van der Waals surface area (Å²) in [6.07, 6.45) is 10.5. The third-order valence-electron chi connectivity index (χ3n) is 4.78. The van der Waals surface area contributed by atoms with Crippen LogP contribution in [0.4, 0.5) is 5.69 Å². The first-order valence-electron chi connectivity index (χ1n) is 9.06. The third-order valence-corrected chi connectivity index (χ3v) is 5.14. The maximum atomic E-state index is 12.4. The highest BCUT2D eigenvalue weighted by Gasteiger charge is 2.22. The first-order chi connectivity index (χ1) is 12.6. The fourth-order valence-electron chi connectivity index (χ4n) is 3.31. The number of hydrogen-bond donors (Lipinski definition) is 2. The van der Waals surface area contributed by atoms with Crippen molar-refractivity contribution in [2.75, 3.05) is 5.32 Å². The molecule has 5 nitrogen and oxygen atoms in total. The van der Waals surface area contributed by atoms with Crippen molar-refractivity contribution in [3.8, 4) is 0 Å². The minimum atomic E-state index is -0.496. The summed E-state index contributed by atoms with van der Waals surface area (Å²) in [6, 6.07) is 7.57. The molecule has 1 aliphatic carbocycles. The van der Waals surface area contributed by atoms with Crippen LogP contribution in [0, 0.1) is 11.8 Å². The van der Waals surface area contributed by atoms with E-state index < -0.39 is 5.92 Å². The largest absolute Gasteiger partial charge is 0.351 e. The van der Waals surface area contributed by atoms with Crippen LogP contribution in [-0.2, 0) is 16.1 Å². The lowest BCUT2D eigenvalue weighted by molar-refractivity contribution is -0.122. The Morgan fingerprint density at radius 3 is 2.73 bits per heavy atom. The van der Waals surface area contributed by atoms with Gasteiger partial charge in [-0.15, -0.1) is 0 Å². The zero-order valence-corrected chi connectivity index (χ0v) is 15.4. The van der Waals surface area contributed by atoms with E-state index in [1.807, 2.05) is 24.3 Å². The molecule has 136 valence electrons. The quantitative estimate of drug-likeness (QED) is 0.782. The summed E-state index contributed by atoms with van der Waals surface area (Å²) in [5.41, 5.74) is 1.69. The number of thiocarbonyl (C=S) groups is 1. The van der Waals surface area contributed by atoms with Gasteiger partial charge in [0.2, 0.25) is 11.8 Å². The normalized spacial score (nSPS) is 20.0. The van der Waals surface area contributed by atoms with Crippen molar-refractivity contribution < 1.29 is 9.59 Å². The second-order valence-electron chi connectivity index (χ2n) is 6.72. The Kier molecular flexibility index (Phi) is 6.28. The van der Waals surface area contributed by atoms with E-state index in [1.54, 1.807) is 18.4 Å². The Balaban J connectivity index is 1.54. The molecule has 1 saturated carbocycles. The van der Waals surface area contributed by atoms with Gasteiger partial charge >= 0.3 is 0 Å². The molecule has 1 aromatic rings. The molecule has 6 heteroatoms. The highest BCUT2D eigenvalue weighted by Crippen LogP contribution is 2.25. The second-order valence-corrected chi connectivity index (χ2v) is 7.14. The number of dihydropyridines is 1. The molecule has 26 heavy (non-hydrogen) atoms. The van der Waals surface area contributed by atoms with Gasteiger partial charge in [-0.25, -0.2) is 4.99 Å². The summed E-state index contributed by atoms with van der Waals surface area (Å²) in [4.78, 5) is 29.0. The number of carbonyl (C=O) groups excluding carboxylic acids is 2. The van der Waals surface area contributed by atoms with Crippen LogP contribution >= 0.6 is 12.2 Å². The van der Waals surface area contributed by atoms with Crippen molar-refractivity contribution in [1.29, 1.82) is 0 Å². The number of allylic oxidation sites excluding steroid dienone is 1. The van der Waals surface area contributed by atoms with Gasteiger partial charge in [0.15, 0.2) is 0 Å². The summed E-state index contributed by atoms with van der Waals surface area (Å²) < 4.78 is 0. The van der Waals surface area contributed by atoms with Crippen LogP contribution in [0.3, 0.4) is 0 Å². The molecule has 1 atom stereocenters. The van der Waals surface area contributed by atoms with Gasteiger partial charge in [-0.1, -0.05) is 49.7 Å². The van der Waals surface area contributed by atoms with E-state index >= 15 is 0 Å². The molecule has 2 amide bonds. The fraction of sp³-hybridized carbons (Fsp3) is 0.400. The molecule has 1 fully saturated rings. The Morgan fingerprint density at radius 1 is 1.15 bits per heavy atom. The van der Waals surface area contributed by atoms with Crippen LogP contribution in [0.1, 0.15) is 37.7 Å². The van der Waals surface area contributed by atoms with E-state index in [0.717, 1.165) is 36.9 Å². The SMILES string of the molecule is O=C(Nc1cccc(CNC(=O)C2C=CC=NC2=S)c1)C1CCCCC1. The Hall–Kier alpha value is -2.34. The molecule has 1 unspecified atom stereocenters. The molecular formula is C20H23N3O2S. The van der Waals surface area contributed by atoms with Gasteiger partial charge in [0.25, 0.3) is 0 Å². The molecule has 0 aromatic heterocycles. The van der Waals surface area contributed by atoms with Crippen LogP contribution in [-0.4, -0.2) is 23.0 Å². The van der Waals surface area contributed by atoms with Crippen molar-refractivity contribution in [3.05, 3.63) is 42.0 Å². The lowest BCUT2D eigenvalue weighted by Gasteiger charge is -2.21. The summed E-state index contributed by atoms with van der Waals surface area (Å²) in [5, 5.41) is 5.89. The maximum Gasteiger partial charge on any atom is 0.234 e. The van der Waals surface area contributed by atoms with Gasteiger partial charge in [-0.3, -0.25) is 9.59 Å². The number of aliphatic imine (C=N–C) groups is 1. The van der Waals surface area contributed by atoms with Crippen LogP contribution < -0.4 is 10.6 Å². The average molecular weight is 369 g/mol. The fourth-order valence-corrected chi connectivity index (χ4v) is 3.55. The molecule has 0 saturated heterocycles. The molecule has 3 rings (SSSR count). The third kappa shape index (κ3) is 4.85. The number of rotatable bonds is 5. The van der Waals surface area contributed by atoms with Gasteiger partial charge in [-0.2, -0.15) is 0 Å². The second kappa shape index (κ2) is 8.85. The monoisotopic (exact) mass is 369 g/mol. The highest BCUT2D eigenvalue weighted by molar-refractivity contribution is 7.80. The summed E-state index contributed by atoms with van der Waals surface area (Å²) in [6.45, 7) is 0.378. The predicted octanol–water partition coefficient (Wildman–Crippen LogP) is 3.41. The Bertz CT molecular complexity index is 751. The number of hydrogen-bond acceptors (Lipinski definition) is 3. The summed E-state index contributed by atoms with van der Waals surface area (Å²) in [7, 11) is 0. The lowest BCUT2D eigenvalue weighted by atomic mass is 9.88. The summed E-state index contributed by atoms with van der Waals surface area (Å²) in [5.74, 6) is -0.447. The van der Waals surface area contributed by atoms with E-state index in [0.29, 0.717) is 11.5 Å². The van der Waals surface area contributed by atoms with E-state index in [2.05, 4.69) is 15.6 Å². The molecule has 1 aromatic carbocycles. The van der Waals surface area contributed by atoms with E-state index in [9.17, 15) is 9.59 Å². The van der Waals surface area contributed by atoms with Crippen molar-refractivity contribution in [1.82, 2.24) is 5.32 Å². The molecule has 2 N–H and O–H groups in total. The molecule has 0 spiro atoms. The highest BCUT2D eigenvalue weighted by atomic mass is 32.1. The first kappa shape index (κ1) is 18.5. The Morgan fingerprint density at radius 2 is 1.96 bits per heavy atom. The van der Waals surface area contributed by atoms with Gasteiger partial charge in [-0.05, 0) is 36.6 Å². The number of nitrogens with one attached hydrogen (secondary N) is 2. The lowest BCUT2D eigenvalue weighted by Crippen LogP contribution is -2.33. The van der Waals surface area contributed by atoms with Gasteiger partial charge in [0.05, 0.1) is 0 Å². The summed E-state index contributed by atoms with van der Waals surface area (Å²) >= 11 is 5.11. The van der Waals surface area contributed by atoms with Crippen molar-refractivity contribution in [2.24, 2.45) is 16.8 Å². The topological polar surface area (TPSA) is 70.6 Å². The minimum Gasteiger partial charge on any atom is -0.351 e. The number of amides is 2. The van der Waals surface area contributed by atoms with Gasteiger partial charge in [0, 0.05) is 24.4 Å². The zero-order chi connectivity index (χ0) is 18.4. The van der Waals surface area contributed by atoms with Crippen molar-refractivity contribution in [3.63, 3.8) is 0 Å². The number of carbonyl (C=O) groups is 2. The van der Waals surface area contributed by atoms with Crippen LogP contribution in [0.15, 0.2) is 41.4 Å². The molecule has 0 radical (unpaired) electrons. The van der Waals surface area contributed by atoms with Crippen molar-refractivity contribution >= 4 is 40.9 Å². The number of anilines is 1. The molecule has 1 aliphatic heterocycles. The standard InChI is InChI=1S/C20H23N3O2S/c24-18(15-7-2-1-3-8-15)23-16-9-4-6-14(12-16)13-22-19(25)17-10-5-11-21-20(17)26/h4-6,9-12,15,17H,1-3,7-8,13H2,(H,22,25)(H,23,24). The van der Waals surface area contributed by atoms with Crippen LogP contribution in [0.5, 0.6) is 0 Å². The smallest absolute Gasteiger partial charge is 0.234 e. The van der Waals surface area contributed by atoms with E-state index in [1.165, 1.54) is 6.42 Å². The average Bonchev–Trinajstić information content (AvgIpc) is 2.67.